The maximum absolute atomic E-state index is 11.0. The van der Waals surface area contributed by atoms with Crippen molar-refractivity contribution in [3.05, 3.63) is 69.8 Å². The van der Waals surface area contributed by atoms with E-state index >= 15 is 0 Å². The molecule has 0 aliphatic heterocycles. The first-order valence-electron chi connectivity index (χ1n) is 8.30. The van der Waals surface area contributed by atoms with Gasteiger partial charge in [-0.15, -0.1) is 0 Å². The summed E-state index contributed by atoms with van der Waals surface area (Å²) in [5.74, 6) is 1.40. The molecule has 0 aliphatic carbocycles. The highest BCUT2D eigenvalue weighted by Crippen LogP contribution is 2.30. The number of pyridine rings is 1. The zero-order valence-corrected chi connectivity index (χ0v) is 15.2. The molecule has 0 bridgehead atoms. The number of non-ortho nitro benzene ring substituents is 1. The van der Waals surface area contributed by atoms with E-state index in [1.165, 1.54) is 12.1 Å². The normalized spacial score (nSPS) is 11.6. The van der Waals surface area contributed by atoms with Crippen molar-refractivity contribution in [2.75, 3.05) is 19.1 Å². The lowest BCUT2D eigenvalue weighted by Gasteiger charge is -2.27. The molecule has 7 nitrogen and oxygen atoms in total. The number of ether oxygens (including phenoxy) is 1. The SMILES string of the molecule is COc1ccc(C(C)N(C)c2cc(C#N)c3cc([N+](=O)[O-])ccc3n2)cc1. The predicted molar refractivity (Wildman–Crippen MR) is 103 cm³/mol. The molecule has 0 radical (unpaired) electrons. The third-order valence-corrected chi connectivity index (χ3v) is 4.65. The quantitative estimate of drug-likeness (QED) is 0.498. The Morgan fingerprint density at radius 1 is 1.22 bits per heavy atom. The molecule has 0 fully saturated rings. The van der Waals surface area contributed by atoms with Crippen molar-refractivity contribution in [1.82, 2.24) is 4.98 Å². The number of fused-ring (bicyclic) bond motifs is 1. The van der Waals surface area contributed by atoms with Crippen molar-refractivity contribution < 1.29 is 9.66 Å². The molecular formula is C20H18N4O3. The number of nitrogens with zero attached hydrogens (tertiary/aromatic N) is 4. The van der Waals surface area contributed by atoms with Crippen LogP contribution in [-0.4, -0.2) is 24.1 Å². The Morgan fingerprint density at radius 2 is 1.93 bits per heavy atom. The summed E-state index contributed by atoms with van der Waals surface area (Å²) < 4.78 is 5.19. The molecule has 1 atom stereocenters. The van der Waals surface area contributed by atoms with Crippen LogP contribution in [0.15, 0.2) is 48.5 Å². The summed E-state index contributed by atoms with van der Waals surface area (Å²) in [5.41, 5.74) is 1.91. The predicted octanol–water partition coefficient (Wildman–Crippen LogP) is 4.22. The van der Waals surface area contributed by atoms with Crippen LogP contribution in [-0.2, 0) is 0 Å². The summed E-state index contributed by atoms with van der Waals surface area (Å²) in [5, 5.41) is 21.0. The average Bonchev–Trinajstić information content (AvgIpc) is 2.71. The maximum atomic E-state index is 11.0. The van der Waals surface area contributed by atoms with Gasteiger partial charge >= 0.3 is 0 Å². The van der Waals surface area contributed by atoms with Crippen LogP contribution in [0.5, 0.6) is 5.75 Å². The summed E-state index contributed by atoms with van der Waals surface area (Å²) in [6.07, 6.45) is 0. The van der Waals surface area contributed by atoms with Crippen LogP contribution in [0.2, 0.25) is 0 Å². The molecule has 1 aromatic heterocycles. The van der Waals surface area contributed by atoms with Crippen molar-refractivity contribution in [2.45, 2.75) is 13.0 Å². The van der Waals surface area contributed by atoms with Gasteiger partial charge in [0.15, 0.2) is 0 Å². The number of benzene rings is 2. The highest BCUT2D eigenvalue weighted by Gasteiger charge is 2.17. The molecule has 0 spiro atoms. The number of hydrogen-bond acceptors (Lipinski definition) is 6. The lowest BCUT2D eigenvalue weighted by molar-refractivity contribution is -0.384. The minimum Gasteiger partial charge on any atom is -0.497 e. The largest absolute Gasteiger partial charge is 0.497 e. The summed E-state index contributed by atoms with van der Waals surface area (Å²) in [7, 11) is 3.52. The summed E-state index contributed by atoms with van der Waals surface area (Å²) in [4.78, 5) is 17.1. The van der Waals surface area contributed by atoms with Crippen LogP contribution in [0, 0.1) is 21.4 Å². The van der Waals surface area contributed by atoms with Crippen LogP contribution in [0.1, 0.15) is 24.1 Å². The van der Waals surface area contributed by atoms with Crippen LogP contribution < -0.4 is 9.64 Å². The van der Waals surface area contributed by atoms with Gasteiger partial charge in [0.1, 0.15) is 11.6 Å². The first-order valence-corrected chi connectivity index (χ1v) is 8.30. The minimum absolute atomic E-state index is 0.00504. The second-order valence-electron chi connectivity index (χ2n) is 6.16. The summed E-state index contributed by atoms with van der Waals surface area (Å²) >= 11 is 0. The second-order valence-corrected chi connectivity index (χ2v) is 6.16. The van der Waals surface area contributed by atoms with E-state index in [-0.39, 0.29) is 11.7 Å². The molecule has 0 aliphatic rings. The zero-order valence-electron chi connectivity index (χ0n) is 15.2. The molecule has 0 N–H and O–H groups in total. The highest BCUT2D eigenvalue weighted by molar-refractivity contribution is 5.88. The van der Waals surface area contributed by atoms with E-state index < -0.39 is 4.92 Å². The number of nitro benzene ring substituents is 1. The van der Waals surface area contributed by atoms with Gasteiger partial charge in [-0.25, -0.2) is 4.98 Å². The summed E-state index contributed by atoms with van der Waals surface area (Å²) in [6.45, 7) is 2.04. The molecule has 3 rings (SSSR count). The Hall–Kier alpha value is -3.66. The van der Waals surface area contributed by atoms with Gasteiger partial charge in [0.25, 0.3) is 5.69 Å². The maximum Gasteiger partial charge on any atom is 0.270 e. The standard InChI is InChI=1S/C20H18N4O3/c1-13(14-4-7-17(27-3)8-5-14)23(2)20-10-15(12-21)18-11-16(24(25)26)6-9-19(18)22-20/h4-11,13H,1-3H3. The number of methoxy groups -OCH3 is 1. The molecule has 1 heterocycles. The van der Waals surface area contributed by atoms with Crippen molar-refractivity contribution in [3.8, 4) is 11.8 Å². The Balaban J connectivity index is 2.01. The monoisotopic (exact) mass is 362 g/mol. The second kappa shape index (κ2) is 7.30. The van der Waals surface area contributed by atoms with E-state index in [4.69, 9.17) is 4.74 Å². The smallest absolute Gasteiger partial charge is 0.270 e. The van der Waals surface area contributed by atoms with Gasteiger partial charge in [-0.2, -0.15) is 5.26 Å². The number of anilines is 1. The molecule has 0 saturated heterocycles. The van der Waals surface area contributed by atoms with Gasteiger partial charge in [0.05, 0.1) is 35.2 Å². The third-order valence-electron chi connectivity index (χ3n) is 4.65. The van der Waals surface area contributed by atoms with Crippen molar-refractivity contribution in [3.63, 3.8) is 0 Å². The Morgan fingerprint density at radius 3 is 2.52 bits per heavy atom. The molecule has 27 heavy (non-hydrogen) atoms. The third kappa shape index (κ3) is 3.51. The Labute approximate surface area is 156 Å². The number of nitro groups is 1. The van der Waals surface area contributed by atoms with Crippen molar-refractivity contribution in [1.29, 1.82) is 5.26 Å². The lowest BCUT2D eigenvalue weighted by atomic mass is 10.1. The number of nitriles is 1. The Bertz CT molecular complexity index is 1040. The fourth-order valence-corrected chi connectivity index (χ4v) is 2.89. The highest BCUT2D eigenvalue weighted by atomic mass is 16.6. The molecule has 1 unspecified atom stereocenters. The number of aromatic nitrogens is 1. The first kappa shape index (κ1) is 18.1. The number of rotatable bonds is 5. The van der Waals surface area contributed by atoms with E-state index in [0.717, 1.165) is 11.3 Å². The van der Waals surface area contributed by atoms with E-state index in [1.807, 2.05) is 43.1 Å². The summed E-state index contributed by atoms with van der Waals surface area (Å²) in [6, 6.07) is 15.9. The molecule has 0 saturated carbocycles. The average molecular weight is 362 g/mol. The fraction of sp³-hybridized carbons (Fsp3) is 0.200. The van der Waals surface area contributed by atoms with Crippen LogP contribution in [0.3, 0.4) is 0 Å². The van der Waals surface area contributed by atoms with E-state index in [9.17, 15) is 15.4 Å². The minimum atomic E-state index is -0.480. The van der Waals surface area contributed by atoms with E-state index in [1.54, 1.807) is 19.2 Å². The van der Waals surface area contributed by atoms with Gasteiger partial charge < -0.3 is 9.64 Å². The van der Waals surface area contributed by atoms with Crippen molar-refractivity contribution in [2.24, 2.45) is 0 Å². The molecule has 3 aromatic rings. The van der Waals surface area contributed by atoms with Gasteiger partial charge in [0, 0.05) is 24.6 Å². The van der Waals surface area contributed by atoms with Crippen LogP contribution in [0.25, 0.3) is 10.9 Å². The number of hydrogen-bond donors (Lipinski definition) is 0. The lowest BCUT2D eigenvalue weighted by Crippen LogP contribution is -2.22. The molecule has 7 heteroatoms. The van der Waals surface area contributed by atoms with Crippen molar-refractivity contribution >= 4 is 22.4 Å². The zero-order chi connectivity index (χ0) is 19.6. The fourth-order valence-electron chi connectivity index (χ4n) is 2.89. The Kier molecular flexibility index (Phi) is 4.90. The van der Waals surface area contributed by atoms with Gasteiger partial charge in [0.2, 0.25) is 0 Å². The van der Waals surface area contributed by atoms with E-state index in [0.29, 0.717) is 22.3 Å². The van der Waals surface area contributed by atoms with Gasteiger partial charge in [-0.3, -0.25) is 10.1 Å². The first-order chi connectivity index (χ1) is 12.9. The topological polar surface area (TPSA) is 92.3 Å². The van der Waals surface area contributed by atoms with E-state index in [2.05, 4.69) is 11.1 Å². The van der Waals surface area contributed by atoms with Crippen LogP contribution >= 0.6 is 0 Å². The van der Waals surface area contributed by atoms with Gasteiger partial charge in [-0.1, -0.05) is 12.1 Å². The molecule has 0 amide bonds. The molecular weight excluding hydrogens is 344 g/mol. The van der Waals surface area contributed by atoms with Crippen LogP contribution in [0.4, 0.5) is 11.5 Å². The van der Waals surface area contributed by atoms with Gasteiger partial charge in [-0.05, 0) is 36.8 Å². The molecule has 2 aromatic carbocycles. The molecule has 136 valence electrons.